The van der Waals surface area contributed by atoms with Gasteiger partial charge in [-0.1, -0.05) is 27.7 Å². The zero-order valence-electron chi connectivity index (χ0n) is 12.9. The molecule has 0 spiro atoms. The number of nitrogens with two attached hydrogens (primary N) is 1. The molecular formula is C15H33N3. The van der Waals surface area contributed by atoms with Gasteiger partial charge in [0, 0.05) is 32.2 Å². The van der Waals surface area contributed by atoms with Crippen molar-refractivity contribution in [1.82, 2.24) is 9.80 Å². The highest BCUT2D eigenvalue weighted by Gasteiger charge is 2.19. The zero-order chi connectivity index (χ0) is 13.6. The fourth-order valence-corrected chi connectivity index (χ4v) is 2.79. The molecule has 0 radical (unpaired) electrons. The highest BCUT2D eigenvalue weighted by Crippen LogP contribution is 2.21. The molecule has 18 heavy (non-hydrogen) atoms. The molecule has 108 valence electrons. The Bertz CT molecular complexity index is 214. The molecule has 0 aromatic heterocycles. The Labute approximate surface area is 114 Å². The average molecular weight is 255 g/mol. The van der Waals surface area contributed by atoms with Gasteiger partial charge in [0.1, 0.15) is 0 Å². The molecule has 1 saturated heterocycles. The van der Waals surface area contributed by atoms with Gasteiger partial charge in [0.25, 0.3) is 0 Å². The van der Waals surface area contributed by atoms with Crippen LogP contribution in [0.15, 0.2) is 0 Å². The molecule has 1 unspecified atom stereocenters. The predicted octanol–water partition coefficient (Wildman–Crippen LogP) is 2.17. The SMILES string of the molecule is CCCN1CCN(CCC(N)CC(C)(C)C)CC1. The Morgan fingerprint density at radius 3 is 1.94 bits per heavy atom. The third-order valence-corrected chi connectivity index (χ3v) is 3.70. The number of hydrogen-bond acceptors (Lipinski definition) is 3. The summed E-state index contributed by atoms with van der Waals surface area (Å²) >= 11 is 0. The first-order chi connectivity index (χ1) is 8.40. The van der Waals surface area contributed by atoms with Crippen molar-refractivity contribution in [3.63, 3.8) is 0 Å². The van der Waals surface area contributed by atoms with E-state index in [0.717, 1.165) is 12.8 Å². The Morgan fingerprint density at radius 1 is 1.00 bits per heavy atom. The minimum Gasteiger partial charge on any atom is -0.328 e. The fourth-order valence-electron chi connectivity index (χ4n) is 2.79. The Balaban J connectivity index is 2.14. The molecule has 1 aliphatic rings. The molecule has 1 rings (SSSR count). The monoisotopic (exact) mass is 255 g/mol. The molecular weight excluding hydrogens is 222 g/mol. The molecule has 0 aliphatic carbocycles. The minimum absolute atomic E-state index is 0.360. The molecule has 0 aromatic rings. The molecule has 0 bridgehead atoms. The summed E-state index contributed by atoms with van der Waals surface area (Å²) in [6.45, 7) is 16.4. The Kier molecular flexibility index (Phi) is 6.61. The summed E-state index contributed by atoms with van der Waals surface area (Å²) in [4.78, 5) is 5.15. The lowest BCUT2D eigenvalue weighted by Crippen LogP contribution is -2.47. The van der Waals surface area contributed by atoms with Crippen molar-refractivity contribution in [1.29, 1.82) is 0 Å². The summed E-state index contributed by atoms with van der Waals surface area (Å²) in [7, 11) is 0. The molecule has 1 aliphatic heterocycles. The smallest absolute Gasteiger partial charge is 0.0110 e. The summed E-state index contributed by atoms with van der Waals surface area (Å²) in [5.41, 5.74) is 6.58. The van der Waals surface area contributed by atoms with E-state index in [4.69, 9.17) is 5.73 Å². The van der Waals surface area contributed by atoms with Gasteiger partial charge in [-0.15, -0.1) is 0 Å². The normalized spacial score (nSPS) is 21.2. The van der Waals surface area contributed by atoms with Gasteiger partial charge in [-0.3, -0.25) is 0 Å². The first-order valence-corrected chi connectivity index (χ1v) is 7.61. The lowest BCUT2D eigenvalue weighted by Gasteiger charge is -2.35. The van der Waals surface area contributed by atoms with Crippen LogP contribution in [0.1, 0.15) is 47.0 Å². The van der Waals surface area contributed by atoms with Gasteiger partial charge in [-0.05, 0) is 37.8 Å². The van der Waals surface area contributed by atoms with Crippen LogP contribution in [0.3, 0.4) is 0 Å². The largest absolute Gasteiger partial charge is 0.328 e. The van der Waals surface area contributed by atoms with Crippen LogP contribution >= 0.6 is 0 Å². The van der Waals surface area contributed by atoms with Crippen LogP contribution in [0, 0.1) is 5.41 Å². The second-order valence-corrected chi connectivity index (χ2v) is 7.00. The second kappa shape index (κ2) is 7.46. The maximum Gasteiger partial charge on any atom is 0.0110 e. The third kappa shape index (κ3) is 6.72. The van der Waals surface area contributed by atoms with E-state index < -0.39 is 0 Å². The van der Waals surface area contributed by atoms with Gasteiger partial charge in [-0.2, -0.15) is 0 Å². The van der Waals surface area contributed by atoms with Crippen molar-refractivity contribution >= 4 is 0 Å². The summed E-state index contributed by atoms with van der Waals surface area (Å²) in [6.07, 6.45) is 3.55. The number of nitrogens with zero attached hydrogens (tertiary/aromatic N) is 2. The molecule has 0 saturated carbocycles. The van der Waals surface area contributed by atoms with Gasteiger partial charge in [0.2, 0.25) is 0 Å². The lowest BCUT2D eigenvalue weighted by atomic mass is 9.87. The molecule has 1 fully saturated rings. The highest BCUT2D eigenvalue weighted by atomic mass is 15.3. The summed E-state index contributed by atoms with van der Waals surface area (Å²) in [5, 5.41) is 0. The number of hydrogen-bond donors (Lipinski definition) is 1. The maximum absolute atomic E-state index is 6.21. The van der Waals surface area contributed by atoms with E-state index in [2.05, 4.69) is 37.5 Å². The first kappa shape index (κ1) is 15.9. The van der Waals surface area contributed by atoms with E-state index in [-0.39, 0.29) is 0 Å². The van der Waals surface area contributed by atoms with Gasteiger partial charge >= 0.3 is 0 Å². The van der Waals surface area contributed by atoms with Crippen molar-refractivity contribution in [3.05, 3.63) is 0 Å². The predicted molar refractivity (Wildman–Crippen MR) is 79.8 cm³/mol. The molecule has 1 atom stereocenters. The molecule has 0 amide bonds. The van der Waals surface area contributed by atoms with Gasteiger partial charge in [-0.25, -0.2) is 0 Å². The maximum atomic E-state index is 6.21. The van der Waals surface area contributed by atoms with Crippen molar-refractivity contribution in [2.45, 2.75) is 53.0 Å². The number of piperazine rings is 1. The van der Waals surface area contributed by atoms with Crippen LogP contribution in [-0.2, 0) is 0 Å². The summed E-state index contributed by atoms with van der Waals surface area (Å²) in [6, 6.07) is 0.360. The Hall–Kier alpha value is -0.120. The summed E-state index contributed by atoms with van der Waals surface area (Å²) < 4.78 is 0. The Morgan fingerprint density at radius 2 is 1.50 bits per heavy atom. The van der Waals surface area contributed by atoms with Gasteiger partial charge in [0.05, 0.1) is 0 Å². The van der Waals surface area contributed by atoms with E-state index in [1.165, 1.54) is 45.7 Å². The third-order valence-electron chi connectivity index (χ3n) is 3.70. The van der Waals surface area contributed by atoms with Crippen LogP contribution in [0.4, 0.5) is 0 Å². The van der Waals surface area contributed by atoms with Gasteiger partial charge < -0.3 is 15.5 Å². The average Bonchev–Trinajstić information content (AvgIpc) is 2.26. The van der Waals surface area contributed by atoms with Crippen molar-refractivity contribution in [2.24, 2.45) is 11.1 Å². The van der Waals surface area contributed by atoms with Crippen LogP contribution in [0.2, 0.25) is 0 Å². The van der Waals surface area contributed by atoms with Crippen LogP contribution in [-0.4, -0.2) is 55.1 Å². The molecule has 0 aromatic carbocycles. The van der Waals surface area contributed by atoms with E-state index in [0.29, 0.717) is 11.5 Å². The van der Waals surface area contributed by atoms with Crippen LogP contribution in [0.25, 0.3) is 0 Å². The highest BCUT2D eigenvalue weighted by molar-refractivity contribution is 4.76. The van der Waals surface area contributed by atoms with E-state index >= 15 is 0 Å². The van der Waals surface area contributed by atoms with Crippen molar-refractivity contribution < 1.29 is 0 Å². The van der Waals surface area contributed by atoms with Crippen LogP contribution in [0.5, 0.6) is 0 Å². The molecule has 2 N–H and O–H groups in total. The van der Waals surface area contributed by atoms with Crippen molar-refractivity contribution in [2.75, 3.05) is 39.3 Å². The number of rotatable bonds is 6. The molecule has 3 nitrogen and oxygen atoms in total. The van der Waals surface area contributed by atoms with Crippen molar-refractivity contribution in [3.8, 4) is 0 Å². The van der Waals surface area contributed by atoms with E-state index in [1.807, 2.05) is 0 Å². The van der Waals surface area contributed by atoms with E-state index in [9.17, 15) is 0 Å². The first-order valence-electron chi connectivity index (χ1n) is 7.61. The molecule has 1 heterocycles. The van der Waals surface area contributed by atoms with Gasteiger partial charge in [0.15, 0.2) is 0 Å². The van der Waals surface area contributed by atoms with E-state index in [1.54, 1.807) is 0 Å². The zero-order valence-corrected chi connectivity index (χ0v) is 12.9. The molecule has 3 heteroatoms. The summed E-state index contributed by atoms with van der Waals surface area (Å²) in [5.74, 6) is 0. The second-order valence-electron chi connectivity index (χ2n) is 7.00. The van der Waals surface area contributed by atoms with Crippen LogP contribution < -0.4 is 5.73 Å². The quantitative estimate of drug-likeness (QED) is 0.789. The lowest BCUT2D eigenvalue weighted by molar-refractivity contribution is 0.128. The fraction of sp³-hybridized carbons (Fsp3) is 1.00. The minimum atomic E-state index is 0.360. The topological polar surface area (TPSA) is 32.5 Å². The standard InChI is InChI=1S/C15H33N3/c1-5-7-17-9-11-18(12-10-17)8-6-14(16)13-15(2,3)4/h14H,5-13,16H2,1-4H3.